The van der Waals surface area contributed by atoms with E-state index in [9.17, 15) is 4.79 Å². The molecule has 2 N–H and O–H groups in total. The molecule has 1 aromatic heterocycles. The molecule has 0 aromatic carbocycles. The molecule has 3 rings (SSSR count). The second-order valence-electron chi connectivity index (χ2n) is 7.19. The van der Waals surface area contributed by atoms with Gasteiger partial charge < -0.3 is 15.4 Å². The summed E-state index contributed by atoms with van der Waals surface area (Å²) in [5.41, 5.74) is 1.31. The largest absolute Gasteiger partial charge is 0.378 e. The van der Waals surface area contributed by atoms with E-state index >= 15 is 0 Å². The molecule has 0 radical (unpaired) electrons. The first-order valence-electron chi connectivity index (χ1n) is 9.78. The Bertz CT molecular complexity index is 554. The number of amides is 1. The summed E-state index contributed by atoms with van der Waals surface area (Å²) in [6.07, 6.45) is 9.61. The molecule has 0 spiro atoms. The summed E-state index contributed by atoms with van der Waals surface area (Å²) in [6, 6.07) is 0.346. The molecule has 7 nitrogen and oxygen atoms in total. The predicted molar refractivity (Wildman–Crippen MR) is 103 cm³/mol. The monoisotopic (exact) mass is 385 g/mol. The average Bonchev–Trinajstić information content (AvgIpc) is 3.04. The van der Waals surface area contributed by atoms with Crippen LogP contribution in [0.5, 0.6) is 0 Å². The van der Waals surface area contributed by atoms with Crippen LogP contribution >= 0.6 is 12.4 Å². The SMILES string of the molecule is Cc1c(C(=O)NCCCOC2CCCCC2)nnn1C1CCNCC1.Cl. The molecule has 0 unspecified atom stereocenters. The molecule has 26 heavy (non-hydrogen) atoms. The van der Waals surface area contributed by atoms with Gasteiger partial charge in [-0.25, -0.2) is 4.68 Å². The van der Waals surface area contributed by atoms with Crippen molar-refractivity contribution in [3.05, 3.63) is 11.4 Å². The van der Waals surface area contributed by atoms with Gasteiger partial charge in [0, 0.05) is 13.2 Å². The van der Waals surface area contributed by atoms with E-state index in [1.54, 1.807) is 0 Å². The van der Waals surface area contributed by atoms with Crippen LogP contribution < -0.4 is 10.6 Å². The van der Waals surface area contributed by atoms with Crippen LogP contribution in [-0.4, -0.2) is 53.2 Å². The minimum Gasteiger partial charge on any atom is -0.378 e. The third-order valence-corrected chi connectivity index (χ3v) is 5.31. The number of halogens is 1. The third kappa shape index (κ3) is 5.66. The lowest BCUT2D eigenvalue weighted by Crippen LogP contribution is -2.30. The Kier molecular flexibility index (Phi) is 8.81. The van der Waals surface area contributed by atoms with Crippen molar-refractivity contribution in [2.75, 3.05) is 26.2 Å². The van der Waals surface area contributed by atoms with Gasteiger partial charge in [-0.3, -0.25) is 4.79 Å². The molecule has 0 atom stereocenters. The van der Waals surface area contributed by atoms with Crippen molar-refractivity contribution < 1.29 is 9.53 Å². The summed E-state index contributed by atoms with van der Waals surface area (Å²) in [6.45, 7) is 5.25. The maximum absolute atomic E-state index is 12.3. The van der Waals surface area contributed by atoms with Gasteiger partial charge in [-0.05, 0) is 52.1 Å². The summed E-state index contributed by atoms with van der Waals surface area (Å²) in [4.78, 5) is 12.3. The van der Waals surface area contributed by atoms with E-state index in [4.69, 9.17) is 4.74 Å². The Morgan fingerprint density at radius 3 is 2.69 bits per heavy atom. The van der Waals surface area contributed by atoms with E-state index in [0.717, 1.165) is 38.0 Å². The van der Waals surface area contributed by atoms with Gasteiger partial charge in [0.2, 0.25) is 0 Å². The fourth-order valence-electron chi connectivity index (χ4n) is 3.79. The standard InChI is InChI=1S/C18H31N5O2.ClH/c1-14-17(21-22-23(14)15-8-11-19-12-9-15)18(24)20-10-5-13-25-16-6-3-2-4-7-16;/h15-16,19H,2-13H2,1H3,(H,20,24);1H. The van der Waals surface area contributed by atoms with Gasteiger partial charge >= 0.3 is 0 Å². The van der Waals surface area contributed by atoms with Crippen molar-refractivity contribution in [2.24, 2.45) is 0 Å². The van der Waals surface area contributed by atoms with Crippen LogP contribution in [0.25, 0.3) is 0 Å². The highest BCUT2D eigenvalue weighted by Crippen LogP contribution is 2.21. The van der Waals surface area contributed by atoms with E-state index in [-0.39, 0.29) is 18.3 Å². The maximum atomic E-state index is 12.3. The zero-order valence-electron chi connectivity index (χ0n) is 15.7. The summed E-state index contributed by atoms with van der Waals surface area (Å²) in [5.74, 6) is -0.129. The van der Waals surface area contributed by atoms with E-state index < -0.39 is 0 Å². The lowest BCUT2D eigenvalue weighted by atomic mass is 9.98. The minimum absolute atomic E-state index is 0. The number of hydrogen-bond donors (Lipinski definition) is 2. The zero-order chi connectivity index (χ0) is 17.5. The van der Waals surface area contributed by atoms with Gasteiger partial charge in [-0.2, -0.15) is 0 Å². The smallest absolute Gasteiger partial charge is 0.273 e. The van der Waals surface area contributed by atoms with E-state index in [1.807, 2.05) is 11.6 Å². The Morgan fingerprint density at radius 1 is 1.23 bits per heavy atom. The van der Waals surface area contributed by atoms with Crippen molar-refractivity contribution in [1.29, 1.82) is 0 Å². The number of carbonyl (C=O) groups is 1. The van der Waals surface area contributed by atoms with Crippen molar-refractivity contribution >= 4 is 18.3 Å². The molecule has 1 amide bonds. The molecule has 1 saturated carbocycles. The summed E-state index contributed by atoms with van der Waals surface area (Å²) >= 11 is 0. The van der Waals surface area contributed by atoms with Crippen LogP contribution in [0.2, 0.25) is 0 Å². The predicted octanol–water partition coefficient (Wildman–Crippen LogP) is 2.40. The Balaban J connectivity index is 0.00000243. The normalized spacial score (nSPS) is 19.1. The molecule has 1 aliphatic carbocycles. The van der Waals surface area contributed by atoms with Crippen molar-refractivity contribution in [2.45, 2.75) is 70.4 Å². The van der Waals surface area contributed by atoms with E-state index in [1.165, 1.54) is 32.1 Å². The minimum atomic E-state index is -0.129. The highest BCUT2D eigenvalue weighted by Gasteiger charge is 2.22. The van der Waals surface area contributed by atoms with Crippen LogP contribution in [0, 0.1) is 6.92 Å². The van der Waals surface area contributed by atoms with Crippen molar-refractivity contribution in [1.82, 2.24) is 25.6 Å². The first-order chi connectivity index (χ1) is 12.3. The first-order valence-corrected chi connectivity index (χ1v) is 9.78. The van der Waals surface area contributed by atoms with Crippen LogP contribution in [0.4, 0.5) is 0 Å². The fourth-order valence-corrected chi connectivity index (χ4v) is 3.79. The number of ether oxygens (including phenoxy) is 1. The number of carbonyl (C=O) groups excluding carboxylic acids is 1. The molecule has 1 aliphatic heterocycles. The van der Waals surface area contributed by atoms with Crippen LogP contribution in [-0.2, 0) is 4.74 Å². The summed E-state index contributed by atoms with van der Waals surface area (Å²) in [5, 5.41) is 14.6. The van der Waals surface area contributed by atoms with Gasteiger partial charge in [0.05, 0.1) is 17.8 Å². The van der Waals surface area contributed by atoms with E-state index in [2.05, 4.69) is 20.9 Å². The number of nitrogens with zero attached hydrogens (tertiary/aromatic N) is 3. The highest BCUT2D eigenvalue weighted by atomic mass is 35.5. The quantitative estimate of drug-likeness (QED) is 0.704. The topological polar surface area (TPSA) is 81.1 Å². The second kappa shape index (κ2) is 10.8. The molecular weight excluding hydrogens is 354 g/mol. The Labute approximate surface area is 162 Å². The van der Waals surface area contributed by atoms with Gasteiger partial charge in [0.15, 0.2) is 5.69 Å². The second-order valence-corrected chi connectivity index (χ2v) is 7.19. The molecule has 2 aliphatic rings. The van der Waals surface area contributed by atoms with Crippen molar-refractivity contribution in [3.63, 3.8) is 0 Å². The lowest BCUT2D eigenvalue weighted by molar-refractivity contribution is 0.0273. The lowest BCUT2D eigenvalue weighted by Gasteiger charge is -2.23. The number of rotatable bonds is 7. The third-order valence-electron chi connectivity index (χ3n) is 5.31. The van der Waals surface area contributed by atoms with Gasteiger partial charge in [-0.15, -0.1) is 17.5 Å². The molecule has 0 bridgehead atoms. The Hall–Kier alpha value is -1.18. The molecule has 1 aromatic rings. The zero-order valence-corrected chi connectivity index (χ0v) is 16.5. The number of aromatic nitrogens is 3. The van der Waals surface area contributed by atoms with Crippen LogP contribution in [0.1, 0.15) is 73.6 Å². The molecule has 1 saturated heterocycles. The summed E-state index contributed by atoms with van der Waals surface area (Å²) < 4.78 is 7.81. The maximum Gasteiger partial charge on any atom is 0.273 e. The molecule has 148 valence electrons. The average molecular weight is 386 g/mol. The van der Waals surface area contributed by atoms with Crippen LogP contribution in [0.3, 0.4) is 0 Å². The van der Waals surface area contributed by atoms with E-state index in [0.29, 0.717) is 31.0 Å². The fraction of sp³-hybridized carbons (Fsp3) is 0.833. The number of piperidine rings is 1. The van der Waals surface area contributed by atoms with Crippen molar-refractivity contribution in [3.8, 4) is 0 Å². The van der Waals surface area contributed by atoms with Gasteiger partial charge in [0.1, 0.15) is 0 Å². The molecule has 2 fully saturated rings. The number of nitrogens with one attached hydrogen (secondary N) is 2. The van der Waals surface area contributed by atoms with Crippen LogP contribution in [0.15, 0.2) is 0 Å². The highest BCUT2D eigenvalue weighted by molar-refractivity contribution is 5.93. The molecule has 8 heteroatoms. The molecular formula is C18H32ClN5O2. The number of hydrogen-bond acceptors (Lipinski definition) is 5. The van der Waals surface area contributed by atoms with Gasteiger partial charge in [-0.1, -0.05) is 24.5 Å². The first kappa shape index (κ1) is 21.1. The Morgan fingerprint density at radius 2 is 1.96 bits per heavy atom. The molecule has 2 heterocycles. The summed E-state index contributed by atoms with van der Waals surface area (Å²) in [7, 11) is 0. The van der Waals surface area contributed by atoms with Gasteiger partial charge in [0.25, 0.3) is 5.91 Å².